The van der Waals surface area contributed by atoms with Crippen LogP contribution in [0.1, 0.15) is 50.4 Å². The van der Waals surface area contributed by atoms with E-state index in [0.717, 1.165) is 19.3 Å². The van der Waals surface area contributed by atoms with Gasteiger partial charge >= 0.3 is 0 Å². The van der Waals surface area contributed by atoms with Crippen LogP contribution in [-0.4, -0.2) is 18.5 Å². The van der Waals surface area contributed by atoms with Crippen LogP contribution in [0.25, 0.3) is 0 Å². The van der Waals surface area contributed by atoms with Gasteiger partial charge in [0.1, 0.15) is 5.82 Å². The maximum Gasteiger partial charge on any atom is 0.253 e. The average Bonchev–Trinajstić information content (AvgIpc) is 2.71. The van der Waals surface area contributed by atoms with Crippen molar-refractivity contribution < 1.29 is 9.18 Å². The minimum absolute atomic E-state index is 0.112. The van der Waals surface area contributed by atoms with Crippen molar-refractivity contribution in [3.63, 3.8) is 0 Å². The number of carbonyl (C=O) groups is 1. The molecule has 0 aromatic heterocycles. The first-order chi connectivity index (χ1) is 9.45. The number of carbonyl (C=O) groups excluding carboxylic acids is 1. The maximum atomic E-state index is 13.8. The van der Waals surface area contributed by atoms with E-state index in [1.54, 1.807) is 12.1 Å². The third-order valence-electron chi connectivity index (χ3n) is 4.17. The molecule has 1 aromatic carbocycles. The van der Waals surface area contributed by atoms with Gasteiger partial charge in [-0.2, -0.15) is 0 Å². The molecule has 110 valence electrons. The van der Waals surface area contributed by atoms with Gasteiger partial charge in [-0.3, -0.25) is 4.79 Å². The first kappa shape index (κ1) is 14.8. The lowest BCUT2D eigenvalue weighted by Gasteiger charge is -2.28. The largest absolute Gasteiger partial charge is 0.382 e. The second-order valence-electron chi connectivity index (χ2n) is 6.10. The molecule has 1 fully saturated rings. The van der Waals surface area contributed by atoms with Crippen molar-refractivity contribution in [1.82, 2.24) is 5.32 Å². The van der Waals surface area contributed by atoms with Gasteiger partial charge in [0.25, 0.3) is 5.91 Å². The summed E-state index contributed by atoms with van der Waals surface area (Å²) in [6.45, 7) is 6.80. The van der Waals surface area contributed by atoms with Gasteiger partial charge in [0.15, 0.2) is 0 Å². The lowest BCUT2D eigenvalue weighted by Crippen LogP contribution is -2.41. The Balaban J connectivity index is 2.19. The van der Waals surface area contributed by atoms with Gasteiger partial charge in [0.2, 0.25) is 0 Å². The van der Waals surface area contributed by atoms with Gasteiger partial charge in [-0.05, 0) is 37.3 Å². The zero-order valence-corrected chi connectivity index (χ0v) is 12.4. The quantitative estimate of drug-likeness (QED) is 0.884. The Bertz CT molecular complexity index is 499. The van der Waals surface area contributed by atoms with Crippen molar-refractivity contribution in [2.45, 2.75) is 46.1 Å². The molecule has 0 radical (unpaired) electrons. The molecule has 1 aliphatic carbocycles. The molecule has 4 heteroatoms. The topological polar surface area (TPSA) is 41.1 Å². The highest BCUT2D eigenvalue weighted by Gasteiger charge is 2.35. The molecular weight excluding hydrogens is 255 g/mol. The van der Waals surface area contributed by atoms with E-state index in [9.17, 15) is 9.18 Å². The summed E-state index contributed by atoms with van der Waals surface area (Å²) in [6.07, 6.45) is 3.23. The smallest absolute Gasteiger partial charge is 0.253 e. The molecule has 20 heavy (non-hydrogen) atoms. The SMILES string of the molecule is CCNc1c(F)cccc1C(=O)NC1CCCC1(C)C. The molecule has 3 nitrogen and oxygen atoms in total. The highest BCUT2D eigenvalue weighted by atomic mass is 19.1. The zero-order valence-electron chi connectivity index (χ0n) is 12.4. The van der Waals surface area contributed by atoms with E-state index in [4.69, 9.17) is 0 Å². The summed E-state index contributed by atoms with van der Waals surface area (Å²) in [5, 5.41) is 6.00. The maximum absolute atomic E-state index is 13.8. The number of rotatable bonds is 4. The van der Waals surface area contributed by atoms with Crippen LogP contribution in [0.4, 0.5) is 10.1 Å². The Labute approximate surface area is 120 Å². The molecular formula is C16H23FN2O. The Morgan fingerprint density at radius 1 is 1.45 bits per heavy atom. The molecule has 0 aliphatic heterocycles. The third-order valence-corrected chi connectivity index (χ3v) is 4.17. The van der Waals surface area contributed by atoms with Crippen LogP contribution in [0.3, 0.4) is 0 Å². The minimum atomic E-state index is -0.384. The predicted octanol–water partition coefficient (Wildman–Crippen LogP) is 3.57. The summed E-state index contributed by atoms with van der Waals surface area (Å²) in [6, 6.07) is 4.77. The molecule has 1 amide bonds. The highest BCUT2D eigenvalue weighted by molar-refractivity contribution is 6.00. The number of nitrogens with one attached hydrogen (secondary N) is 2. The summed E-state index contributed by atoms with van der Waals surface area (Å²) in [7, 11) is 0. The molecule has 0 heterocycles. The number of hydrogen-bond donors (Lipinski definition) is 2. The summed E-state index contributed by atoms with van der Waals surface area (Å²) >= 11 is 0. The molecule has 1 unspecified atom stereocenters. The number of hydrogen-bond acceptors (Lipinski definition) is 2. The van der Waals surface area contributed by atoms with Crippen LogP contribution in [-0.2, 0) is 0 Å². The van der Waals surface area contributed by atoms with Gasteiger partial charge in [-0.1, -0.05) is 26.3 Å². The fourth-order valence-electron chi connectivity index (χ4n) is 2.90. The zero-order chi connectivity index (χ0) is 14.8. The van der Waals surface area contributed by atoms with E-state index in [1.807, 2.05) is 6.92 Å². The lowest BCUT2D eigenvalue weighted by molar-refractivity contribution is 0.0910. The number of anilines is 1. The molecule has 1 aromatic rings. The Kier molecular flexibility index (Phi) is 4.31. The van der Waals surface area contributed by atoms with Crippen molar-refractivity contribution in [2.75, 3.05) is 11.9 Å². The summed E-state index contributed by atoms with van der Waals surface area (Å²) < 4.78 is 13.8. The van der Waals surface area contributed by atoms with E-state index >= 15 is 0 Å². The molecule has 0 spiro atoms. The Hall–Kier alpha value is -1.58. The molecule has 2 rings (SSSR count). The number of amides is 1. The Morgan fingerprint density at radius 2 is 2.20 bits per heavy atom. The van der Waals surface area contributed by atoms with E-state index < -0.39 is 0 Å². The Morgan fingerprint density at radius 3 is 2.80 bits per heavy atom. The number of halogens is 1. The fourth-order valence-corrected chi connectivity index (χ4v) is 2.90. The van der Waals surface area contributed by atoms with Gasteiger partial charge in [-0.15, -0.1) is 0 Å². The monoisotopic (exact) mass is 278 g/mol. The molecule has 2 N–H and O–H groups in total. The molecule has 0 saturated heterocycles. The lowest BCUT2D eigenvalue weighted by atomic mass is 9.87. The van der Waals surface area contributed by atoms with Gasteiger partial charge < -0.3 is 10.6 Å². The summed E-state index contributed by atoms with van der Waals surface area (Å²) in [5.41, 5.74) is 0.791. The van der Waals surface area contributed by atoms with Gasteiger partial charge in [0, 0.05) is 12.6 Å². The minimum Gasteiger partial charge on any atom is -0.382 e. The standard InChI is InChI=1S/C16H23FN2O/c1-4-18-14-11(7-5-8-12(14)17)15(20)19-13-9-6-10-16(13,2)3/h5,7-8,13,18H,4,6,9-10H2,1-3H3,(H,19,20). The van der Waals surface area contributed by atoms with Gasteiger partial charge in [0.05, 0.1) is 11.3 Å². The third kappa shape index (κ3) is 2.94. The summed E-state index contributed by atoms with van der Waals surface area (Å²) in [4.78, 5) is 12.4. The highest BCUT2D eigenvalue weighted by Crippen LogP contribution is 2.37. The van der Waals surface area contributed by atoms with E-state index in [2.05, 4.69) is 24.5 Å². The van der Waals surface area contributed by atoms with Crippen LogP contribution < -0.4 is 10.6 Å². The molecule has 1 aliphatic rings. The predicted molar refractivity (Wildman–Crippen MR) is 79.4 cm³/mol. The first-order valence-electron chi connectivity index (χ1n) is 7.29. The van der Waals surface area contributed by atoms with Crippen LogP contribution in [0, 0.1) is 11.2 Å². The second kappa shape index (κ2) is 5.81. The van der Waals surface area contributed by atoms with Crippen LogP contribution in [0.2, 0.25) is 0 Å². The first-order valence-corrected chi connectivity index (χ1v) is 7.29. The fraction of sp³-hybridized carbons (Fsp3) is 0.562. The number of benzene rings is 1. The van der Waals surface area contributed by atoms with Crippen molar-refractivity contribution in [3.05, 3.63) is 29.6 Å². The average molecular weight is 278 g/mol. The van der Waals surface area contributed by atoms with Crippen molar-refractivity contribution in [1.29, 1.82) is 0 Å². The second-order valence-corrected chi connectivity index (χ2v) is 6.10. The number of para-hydroxylation sites is 1. The summed E-state index contributed by atoms with van der Waals surface area (Å²) in [5.74, 6) is -0.578. The van der Waals surface area contributed by atoms with Crippen LogP contribution in [0.5, 0.6) is 0 Å². The molecule has 1 saturated carbocycles. The van der Waals surface area contributed by atoms with E-state index in [1.165, 1.54) is 6.07 Å². The van der Waals surface area contributed by atoms with E-state index in [0.29, 0.717) is 17.8 Å². The van der Waals surface area contributed by atoms with Crippen molar-refractivity contribution >= 4 is 11.6 Å². The van der Waals surface area contributed by atoms with E-state index in [-0.39, 0.29) is 23.2 Å². The van der Waals surface area contributed by atoms with Crippen molar-refractivity contribution in [2.24, 2.45) is 5.41 Å². The van der Waals surface area contributed by atoms with Crippen molar-refractivity contribution in [3.8, 4) is 0 Å². The van der Waals surface area contributed by atoms with Crippen LogP contribution in [0.15, 0.2) is 18.2 Å². The van der Waals surface area contributed by atoms with Gasteiger partial charge in [-0.25, -0.2) is 4.39 Å². The van der Waals surface area contributed by atoms with Crippen LogP contribution >= 0.6 is 0 Å². The molecule has 0 bridgehead atoms. The molecule has 1 atom stereocenters. The normalized spacial score (nSPS) is 20.7.